The second kappa shape index (κ2) is 16.4. The molecular formula is C18H22Br2O2. The number of unbranched alkanes of at least 4 members (excludes halogenated alkanes) is 6. The minimum Gasteiger partial charge on any atom is -0.481 e. The van der Waals surface area contributed by atoms with Gasteiger partial charge in [-0.15, -0.1) is 0 Å². The van der Waals surface area contributed by atoms with Gasteiger partial charge in [0, 0.05) is 12.8 Å². The quantitative estimate of drug-likeness (QED) is 0.353. The average molecular weight is 430 g/mol. The highest BCUT2D eigenvalue weighted by molar-refractivity contribution is 9.28. The molecule has 0 aliphatic carbocycles. The third kappa shape index (κ3) is 19.0. The van der Waals surface area contributed by atoms with Gasteiger partial charge in [0.1, 0.15) is 0 Å². The Balaban J connectivity index is 3.48. The number of carboxylic acid groups (broad SMARTS) is 1. The Kier molecular flexibility index (Phi) is 15.7. The number of hydrogen-bond donors (Lipinski definition) is 1. The zero-order valence-corrected chi connectivity index (χ0v) is 15.9. The van der Waals surface area contributed by atoms with Crippen LogP contribution in [0.25, 0.3) is 0 Å². The predicted octanol–water partition coefficient (Wildman–Crippen LogP) is 5.78. The first-order valence-corrected chi connectivity index (χ1v) is 9.08. The van der Waals surface area contributed by atoms with Gasteiger partial charge in [0.25, 0.3) is 0 Å². The molecule has 0 bridgehead atoms. The van der Waals surface area contributed by atoms with Gasteiger partial charge in [0.15, 0.2) is 0 Å². The molecule has 0 saturated carbocycles. The molecule has 22 heavy (non-hydrogen) atoms. The minimum absolute atomic E-state index is 0.172. The Bertz CT molecular complexity index is 481. The number of carboxylic acids is 1. The molecule has 0 spiro atoms. The third-order valence-electron chi connectivity index (χ3n) is 2.74. The van der Waals surface area contributed by atoms with Crippen LogP contribution in [0, 0.1) is 23.7 Å². The van der Waals surface area contributed by atoms with E-state index in [-0.39, 0.29) is 6.42 Å². The highest BCUT2D eigenvalue weighted by Gasteiger charge is 1.92. The first-order valence-electron chi connectivity index (χ1n) is 7.49. The van der Waals surface area contributed by atoms with Crippen LogP contribution in [0.1, 0.15) is 57.8 Å². The maximum atomic E-state index is 10.3. The Morgan fingerprint density at radius 2 is 1.73 bits per heavy atom. The number of halogens is 2. The topological polar surface area (TPSA) is 37.3 Å². The molecule has 0 atom stereocenters. The highest BCUT2D eigenvalue weighted by atomic mass is 79.9. The Morgan fingerprint density at radius 1 is 1.00 bits per heavy atom. The average Bonchev–Trinajstić information content (AvgIpc) is 2.46. The molecule has 0 aromatic rings. The highest BCUT2D eigenvalue weighted by Crippen LogP contribution is 2.15. The molecule has 0 rings (SSSR count). The molecule has 0 aliphatic rings. The SMILES string of the molecule is O=C(O)CCCC#CC#C/C=C/CCCCCCC=C(Br)Br. The molecule has 4 heteroatoms. The molecule has 1 N–H and O–H groups in total. The molecule has 0 aromatic carbocycles. The number of hydrogen-bond acceptors (Lipinski definition) is 1. The maximum Gasteiger partial charge on any atom is 0.303 e. The van der Waals surface area contributed by atoms with Gasteiger partial charge in [-0.05, 0) is 81.9 Å². The van der Waals surface area contributed by atoms with Gasteiger partial charge in [0.2, 0.25) is 0 Å². The maximum absolute atomic E-state index is 10.3. The fourth-order valence-electron chi connectivity index (χ4n) is 1.63. The molecule has 0 aromatic heterocycles. The van der Waals surface area contributed by atoms with E-state index in [9.17, 15) is 4.79 Å². The zero-order chi connectivity index (χ0) is 16.5. The number of aliphatic carboxylic acids is 1. The second-order valence-electron chi connectivity index (χ2n) is 4.71. The van der Waals surface area contributed by atoms with Crippen LogP contribution >= 0.6 is 31.9 Å². The van der Waals surface area contributed by atoms with Gasteiger partial charge in [-0.25, -0.2) is 0 Å². The van der Waals surface area contributed by atoms with E-state index in [0.29, 0.717) is 12.8 Å². The van der Waals surface area contributed by atoms with Crippen LogP contribution in [0.5, 0.6) is 0 Å². The van der Waals surface area contributed by atoms with Gasteiger partial charge >= 0.3 is 5.97 Å². The van der Waals surface area contributed by atoms with Crippen LogP contribution in [0.3, 0.4) is 0 Å². The predicted molar refractivity (Wildman–Crippen MR) is 99.8 cm³/mol. The van der Waals surface area contributed by atoms with Crippen molar-refractivity contribution in [3.8, 4) is 23.7 Å². The second-order valence-corrected chi connectivity index (χ2v) is 7.48. The van der Waals surface area contributed by atoms with Crippen molar-refractivity contribution in [3.05, 3.63) is 21.6 Å². The van der Waals surface area contributed by atoms with Crippen LogP contribution in [0.2, 0.25) is 0 Å². The zero-order valence-electron chi connectivity index (χ0n) is 12.7. The molecule has 2 nitrogen and oxygen atoms in total. The van der Waals surface area contributed by atoms with E-state index in [1.807, 2.05) is 6.08 Å². The summed E-state index contributed by atoms with van der Waals surface area (Å²) in [5.74, 6) is 10.4. The van der Waals surface area contributed by atoms with E-state index in [0.717, 1.165) is 16.2 Å². The standard InChI is InChI=1S/C18H22Br2O2/c19-17(20)15-13-11-9-7-5-3-1-2-4-6-8-10-12-14-16-18(21)22/h1-2,15H,3,5,7,9,11-14,16H2,(H,21,22)/b2-1+. The summed E-state index contributed by atoms with van der Waals surface area (Å²) in [6, 6.07) is 0. The largest absolute Gasteiger partial charge is 0.481 e. The molecule has 0 radical (unpaired) electrons. The van der Waals surface area contributed by atoms with Crippen molar-refractivity contribution in [2.24, 2.45) is 0 Å². The minimum atomic E-state index is -0.775. The lowest BCUT2D eigenvalue weighted by Gasteiger charge is -1.96. The van der Waals surface area contributed by atoms with Gasteiger partial charge in [-0.2, -0.15) is 0 Å². The van der Waals surface area contributed by atoms with Gasteiger partial charge in [-0.3, -0.25) is 4.79 Å². The lowest BCUT2D eigenvalue weighted by molar-refractivity contribution is -0.137. The molecule has 0 amide bonds. The van der Waals surface area contributed by atoms with Gasteiger partial charge < -0.3 is 5.11 Å². The van der Waals surface area contributed by atoms with Crippen LogP contribution in [-0.2, 0) is 4.79 Å². The normalized spacial score (nSPS) is 9.55. The lowest BCUT2D eigenvalue weighted by Crippen LogP contribution is -1.92. The van der Waals surface area contributed by atoms with E-state index in [1.165, 1.54) is 25.7 Å². The van der Waals surface area contributed by atoms with E-state index in [4.69, 9.17) is 5.11 Å². The smallest absolute Gasteiger partial charge is 0.303 e. The van der Waals surface area contributed by atoms with Crippen molar-refractivity contribution >= 4 is 37.8 Å². The van der Waals surface area contributed by atoms with Gasteiger partial charge in [0.05, 0.1) is 3.39 Å². The van der Waals surface area contributed by atoms with E-state index >= 15 is 0 Å². The van der Waals surface area contributed by atoms with Crippen LogP contribution in [0.4, 0.5) is 0 Å². The van der Waals surface area contributed by atoms with Crippen LogP contribution in [-0.4, -0.2) is 11.1 Å². The fourth-order valence-corrected chi connectivity index (χ4v) is 2.08. The summed E-state index contributed by atoms with van der Waals surface area (Å²) in [5.41, 5.74) is 0. The summed E-state index contributed by atoms with van der Waals surface area (Å²) in [7, 11) is 0. The summed E-state index contributed by atoms with van der Waals surface area (Å²) in [5, 5.41) is 8.45. The monoisotopic (exact) mass is 428 g/mol. The molecule has 0 heterocycles. The Morgan fingerprint density at radius 3 is 2.41 bits per heavy atom. The lowest BCUT2D eigenvalue weighted by atomic mass is 10.1. The first-order chi connectivity index (χ1) is 10.6. The summed E-state index contributed by atoms with van der Waals surface area (Å²) in [6.07, 6.45) is 14.5. The molecule has 0 aliphatic heterocycles. The van der Waals surface area contributed by atoms with Crippen molar-refractivity contribution in [2.75, 3.05) is 0 Å². The third-order valence-corrected chi connectivity index (χ3v) is 3.39. The van der Waals surface area contributed by atoms with Crippen LogP contribution in [0.15, 0.2) is 21.6 Å². The molecule has 0 unspecified atom stereocenters. The van der Waals surface area contributed by atoms with E-state index in [1.54, 1.807) is 0 Å². The van der Waals surface area contributed by atoms with Crippen molar-refractivity contribution in [3.63, 3.8) is 0 Å². The molecule has 0 fully saturated rings. The van der Waals surface area contributed by atoms with Gasteiger partial charge in [-0.1, -0.05) is 36.8 Å². The van der Waals surface area contributed by atoms with Crippen molar-refractivity contribution < 1.29 is 9.90 Å². The number of rotatable bonds is 10. The van der Waals surface area contributed by atoms with E-state index < -0.39 is 5.97 Å². The molecule has 120 valence electrons. The first kappa shape index (κ1) is 21.0. The molecule has 0 saturated heterocycles. The van der Waals surface area contributed by atoms with Crippen molar-refractivity contribution in [2.45, 2.75) is 57.8 Å². The number of carbonyl (C=O) groups is 1. The van der Waals surface area contributed by atoms with Crippen molar-refractivity contribution in [1.82, 2.24) is 0 Å². The Labute approximate surface area is 150 Å². The molecular weight excluding hydrogens is 408 g/mol. The number of allylic oxidation sites excluding steroid dienone is 3. The Hall–Kier alpha value is -0.970. The van der Waals surface area contributed by atoms with Crippen molar-refractivity contribution in [1.29, 1.82) is 0 Å². The van der Waals surface area contributed by atoms with E-state index in [2.05, 4.69) is 67.7 Å². The van der Waals surface area contributed by atoms with Crippen LogP contribution < -0.4 is 0 Å². The summed E-state index contributed by atoms with van der Waals surface area (Å²) in [6.45, 7) is 0. The summed E-state index contributed by atoms with van der Waals surface area (Å²) >= 11 is 6.69. The summed E-state index contributed by atoms with van der Waals surface area (Å²) < 4.78 is 1.03. The summed E-state index contributed by atoms with van der Waals surface area (Å²) in [4.78, 5) is 10.3. The fraction of sp³-hybridized carbons (Fsp3) is 0.500.